The summed E-state index contributed by atoms with van der Waals surface area (Å²) in [5.41, 5.74) is 8.47. The van der Waals surface area contributed by atoms with Crippen molar-refractivity contribution < 1.29 is 0 Å². The number of nitrogens with two attached hydrogens (primary N) is 1. The maximum atomic E-state index is 5.82. The van der Waals surface area contributed by atoms with Gasteiger partial charge in [-0.3, -0.25) is 4.90 Å². The second-order valence-electron chi connectivity index (χ2n) is 6.26. The highest BCUT2D eigenvalue weighted by Gasteiger charge is 2.10. The van der Waals surface area contributed by atoms with Crippen LogP contribution in [0.5, 0.6) is 0 Å². The fourth-order valence-electron chi connectivity index (χ4n) is 3.00. The van der Waals surface area contributed by atoms with Crippen LogP contribution in [-0.4, -0.2) is 34.1 Å². The zero-order valence-corrected chi connectivity index (χ0v) is 14.6. The molecular formula is C21H26N4. The monoisotopic (exact) mass is 334 g/mol. The molecule has 0 fully saturated rings. The van der Waals surface area contributed by atoms with Gasteiger partial charge in [0.1, 0.15) is 5.82 Å². The second-order valence-corrected chi connectivity index (χ2v) is 6.26. The van der Waals surface area contributed by atoms with Gasteiger partial charge in [0.25, 0.3) is 0 Å². The lowest BCUT2D eigenvalue weighted by molar-refractivity contribution is 0.266. The average molecular weight is 334 g/mol. The first-order chi connectivity index (χ1) is 12.3. The van der Waals surface area contributed by atoms with E-state index in [1.807, 2.05) is 12.3 Å². The molecule has 0 saturated carbocycles. The molecule has 0 aliphatic heterocycles. The van der Waals surface area contributed by atoms with Crippen molar-refractivity contribution in [3.8, 4) is 0 Å². The Bertz CT molecular complexity index is 737. The van der Waals surface area contributed by atoms with Gasteiger partial charge in [0.05, 0.1) is 6.54 Å². The SMILES string of the molecule is NCCN(CCc1ccccc1)Cc1nccn1Cc1ccccc1. The van der Waals surface area contributed by atoms with E-state index in [-0.39, 0.29) is 0 Å². The van der Waals surface area contributed by atoms with Gasteiger partial charge in [-0.15, -0.1) is 0 Å². The Morgan fingerprint density at radius 2 is 1.56 bits per heavy atom. The van der Waals surface area contributed by atoms with Crippen LogP contribution in [0.25, 0.3) is 0 Å². The first-order valence-electron chi connectivity index (χ1n) is 8.85. The topological polar surface area (TPSA) is 47.1 Å². The minimum absolute atomic E-state index is 0.661. The lowest BCUT2D eigenvalue weighted by Gasteiger charge is -2.22. The number of rotatable bonds is 9. The number of aromatic nitrogens is 2. The molecule has 25 heavy (non-hydrogen) atoms. The minimum Gasteiger partial charge on any atom is -0.329 e. The largest absolute Gasteiger partial charge is 0.329 e. The van der Waals surface area contributed by atoms with Crippen molar-refractivity contribution in [3.05, 3.63) is 90.0 Å². The highest BCUT2D eigenvalue weighted by Crippen LogP contribution is 2.09. The Morgan fingerprint density at radius 1 is 0.880 bits per heavy atom. The van der Waals surface area contributed by atoms with Gasteiger partial charge in [-0.2, -0.15) is 0 Å². The molecule has 0 saturated heterocycles. The van der Waals surface area contributed by atoms with Gasteiger partial charge < -0.3 is 10.3 Å². The van der Waals surface area contributed by atoms with Crippen molar-refractivity contribution in [1.29, 1.82) is 0 Å². The number of nitrogens with zero attached hydrogens (tertiary/aromatic N) is 3. The molecule has 3 aromatic rings. The van der Waals surface area contributed by atoms with E-state index in [9.17, 15) is 0 Å². The summed E-state index contributed by atoms with van der Waals surface area (Å²) in [6.07, 6.45) is 4.97. The fourth-order valence-corrected chi connectivity index (χ4v) is 3.00. The molecule has 1 aromatic heterocycles. The normalized spacial score (nSPS) is 11.1. The maximum Gasteiger partial charge on any atom is 0.123 e. The lowest BCUT2D eigenvalue weighted by atomic mass is 10.1. The van der Waals surface area contributed by atoms with Gasteiger partial charge in [0.15, 0.2) is 0 Å². The van der Waals surface area contributed by atoms with Crippen molar-refractivity contribution in [2.75, 3.05) is 19.6 Å². The molecule has 4 nitrogen and oxygen atoms in total. The van der Waals surface area contributed by atoms with Gasteiger partial charge in [0, 0.05) is 38.6 Å². The standard InChI is InChI=1S/C21H26N4/c22-12-15-24(14-11-19-7-3-1-4-8-19)18-21-23-13-16-25(21)17-20-9-5-2-6-10-20/h1-10,13,16H,11-12,14-15,17-18,22H2. The molecule has 3 rings (SSSR count). The molecule has 2 aromatic carbocycles. The summed E-state index contributed by atoms with van der Waals surface area (Å²) in [5, 5.41) is 0. The molecule has 1 heterocycles. The predicted octanol–water partition coefficient (Wildman–Crippen LogP) is 2.93. The van der Waals surface area contributed by atoms with Gasteiger partial charge in [0.2, 0.25) is 0 Å². The van der Waals surface area contributed by atoms with Crippen molar-refractivity contribution in [1.82, 2.24) is 14.5 Å². The summed E-state index contributed by atoms with van der Waals surface area (Å²) in [6.45, 7) is 4.20. The van der Waals surface area contributed by atoms with E-state index in [2.05, 4.69) is 75.2 Å². The summed E-state index contributed by atoms with van der Waals surface area (Å²) in [5.74, 6) is 1.09. The van der Waals surface area contributed by atoms with Crippen LogP contribution in [0, 0.1) is 0 Å². The second kappa shape index (κ2) is 9.16. The van der Waals surface area contributed by atoms with E-state index in [0.29, 0.717) is 6.54 Å². The van der Waals surface area contributed by atoms with Gasteiger partial charge in [-0.1, -0.05) is 60.7 Å². The molecule has 2 N–H and O–H groups in total. The van der Waals surface area contributed by atoms with E-state index in [4.69, 9.17) is 5.73 Å². The van der Waals surface area contributed by atoms with E-state index in [0.717, 1.165) is 38.4 Å². The lowest BCUT2D eigenvalue weighted by Crippen LogP contribution is -2.32. The predicted molar refractivity (Wildman–Crippen MR) is 102 cm³/mol. The van der Waals surface area contributed by atoms with Crippen LogP contribution < -0.4 is 5.73 Å². The smallest absolute Gasteiger partial charge is 0.123 e. The van der Waals surface area contributed by atoms with Crippen LogP contribution in [0.4, 0.5) is 0 Å². The molecule has 0 bridgehead atoms. The Kier molecular flexibility index (Phi) is 6.37. The number of benzene rings is 2. The highest BCUT2D eigenvalue weighted by molar-refractivity contribution is 5.16. The van der Waals surface area contributed by atoms with E-state index >= 15 is 0 Å². The number of imidazole rings is 1. The van der Waals surface area contributed by atoms with E-state index in [1.165, 1.54) is 11.1 Å². The minimum atomic E-state index is 0.661. The summed E-state index contributed by atoms with van der Waals surface area (Å²) >= 11 is 0. The number of hydrogen-bond donors (Lipinski definition) is 1. The van der Waals surface area contributed by atoms with Gasteiger partial charge >= 0.3 is 0 Å². The zero-order valence-electron chi connectivity index (χ0n) is 14.6. The van der Waals surface area contributed by atoms with E-state index in [1.54, 1.807) is 0 Å². The third-order valence-electron chi connectivity index (χ3n) is 4.37. The fraction of sp³-hybridized carbons (Fsp3) is 0.286. The Hall–Kier alpha value is -2.43. The molecule has 0 atom stereocenters. The van der Waals surface area contributed by atoms with Crippen molar-refractivity contribution in [2.45, 2.75) is 19.5 Å². The Labute approximate surface area is 149 Å². The molecule has 130 valence electrons. The summed E-state index contributed by atoms with van der Waals surface area (Å²) in [7, 11) is 0. The molecule has 4 heteroatoms. The van der Waals surface area contributed by atoms with Crippen molar-refractivity contribution >= 4 is 0 Å². The van der Waals surface area contributed by atoms with Crippen molar-refractivity contribution in [2.24, 2.45) is 5.73 Å². The summed E-state index contributed by atoms with van der Waals surface area (Å²) in [6, 6.07) is 21.1. The van der Waals surface area contributed by atoms with Gasteiger partial charge in [-0.25, -0.2) is 4.98 Å². The van der Waals surface area contributed by atoms with Crippen LogP contribution in [0.2, 0.25) is 0 Å². The Morgan fingerprint density at radius 3 is 2.24 bits per heavy atom. The van der Waals surface area contributed by atoms with Crippen LogP contribution >= 0.6 is 0 Å². The molecular weight excluding hydrogens is 308 g/mol. The first-order valence-corrected chi connectivity index (χ1v) is 8.85. The van der Waals surface area contributed by atoms with Crippen LogP contribution in [0.1, 0.15) is 17.0 Å². The average Bonchev–Trinajstić information content (AvgIpc) is 3.08. The summed E-state index contributed by atoms with van der Waals surface area (Å²) < 4.78 is 2.22. The first kappa shape index (κ1) is 17.4. The highest BCUT2D eigenvalue weighted by atomic mass is 15.2. The van der Waals surface area contributed by atoms with Crippen LogP contribution in [-0.2, 0) is 19.5 Å². The maximum absolute atomic E-state index is 5.82. The quantitative estimate of drug-likeness (QED) is 0.654. The third-order valence-corrected chi connectivity index (χ3v) is 4.37. The van der Waals surface area contributed by atoms with E-state index < -0.39 is 0 Å². The van der Waals surface area contributed by atoms with Gasteiger partial charge in [-0.05, 0) is 17.5 Å². The van der Waals surface area contributed by atoms with Crippen molar-refractivity contribution in [3.63, 3.8) is 0 Å². The molecule has 0 radical (unpaired) electrons. The third kappa shape index (κ3) is 5.28. The molecule has 0 unspecified atom stereocenters. The molecule has 0 aliphatic rings. The molecule has 0 amide bonds. The molecule has 0 aliphatic carbocycles. The number of hydrogen-bond acceptors (Lipinski definition) is 3. The van der Waals surface area contributed by atoms with Crippen LogP contribution in [0.15, 0.2) is 73.1 Å². The molecule has 0 spiro atoms. The van der Waals surface area contributed by atoms with Crippen LogP contribution in [0.3, 0.4) is 0 Å². The Balaban J connectivity index is 1.63. The summed E-state index contributed by atoms with van der Waals surface area (Å²) in [4.78, 5) is 6.96. The zero-order chi connectivity index (χ0) is 17.3.